The molecule has 0 aliphatic carbocycles. The number of H-pyrrole nitrogens is 1. The number of nitrogens with two attached hydrogens (primary N) is 1. The van der Waals surface area contributed by atoms with Crippen molar-refractivity contribution in [2.24, 2.45) is 5.73 Å². The van der Waals surface area contributed by atoms with E-state index in [-0.39, 0.29) is 18.5 Å². The number of rotatable bonds is 6. The quantitative estimate of drug-likeness (QED) is 0.618. The second-order valence-electron chi connectivity index (χ2n) is 5.97. The molecule has 4 N–H and O–H groups in total. The number of hydrogen-bond acceptors (Lipinski definition) is 4. The molecule has 0 saturated carbocycles. The number of carbonyl (C=O) groups excluding carboxylic acids is 1. The molecule has 0 saturated heterocycles. The van der Waals surface area contributed by atoms with Gasteiger partial charge >= 0.3 is 0 Å². The number of nitrogens with one attached hydrogen (secondary N) is 2. The second-order valence-corrected chi connectivity index (χ2v) is 7.02. The van der Waals surface area contributed by atoms with E-state index in [0.717, 1.165) is 28.1 Å². The number of thiophene rings is 1. The Bertz CT molecular complexity index is 908. The summed E-state index contributed by atoms with van der Waals surface area (Å²) in [7, 11) is 0. The van der Waals surface area contributed by atoms with Gasteiger partial charge in [0.1, 0.15) is 0 Å². The molecule has 0 fully saturated rings. The van der Waals surface area contributed by atoms with Crippen LogP contribution < -0.4 is 11.1 Å². The van der Waals surface area contributed by atoms with E-state index in [9.17, 15) is 13.6 Å². The third-order valence-electron chi connectivity index (χ3n) is 3.99. The van der Waals surface area contributed by atoms with Crippen LogP contribution in [0.1, 0.15) is 20.8 Å². The van der Waals surface area contributed by atoms with Crippen LogP contribution in [0.5, 0.6) is 0 Å². The number of nitrogens with zero attached hydrogens (tertiary/aromatic N) is 1. The van der Waals surface area contributed by atoms with E-state index < -0.39 is 11.6 Å². The lowest BCUT2D eigenvalue weighted by molar-refractivity contribution is 0.0942. The zero-order chi connectivity index (χ0) is 18.7. The van der Waals surface area contributed by atoms with Crippen LogP contribution in [0.2, 0.25) is 0 Å². The smallest absolute Gasteiger partial charge is 0.261 e. The molecule has 3 rings (SSSR count). The van der Waals surface area contributed by atoms with Crippen LogP contribution in [-0.4, -0.2) is 28.7 Å². The van der Waals surface area contributed by atoms with Gasteiger partial charge in [0.25, 0.3) is 5.91 Å². The Hall–Kier alpha value is -2.58. The molecule has 0 aliphatic heterocycles. The number of aryl methyl sites for hydroxylation is 1. The average molecular weight is 376 g/mol. The van der Waals surface area contributed by atoms with E-state index in [1.807, 2.05) is 13.0 Å². The summed E-state index contributed by atoms with van der Waals surface area (Å²) in [6.45, 7) is 2.11. The summed E-state index contributed by atoms with van der Waals surface area (Å²) in [6.07, 6.45) is 3.79. The van der Waals surface area contributed by atoms with Crippen LogP contribution in [0.15, 0.2) is 36.7 Å². The lowest BCUT2D eigenvalue weighted by Gasteiger charge is -2.16. The van der Waals surface area contributed by atoms with Crippen molar-refractivity contribution >= 4 is 17.2 Å². The second kappa shape index (κ2) is 7.76. The average Bonchev–Trinajstić information content (AvgIpc) is 3.26. The molecule has 1 aromatic carbocycles. The number of aromatic amines is 1. The number of benzene rings is 1. The summed E-state index contributed by atoms with van der Waals surface area (Å²) in [5.41, 5.74) is 8.20. The fourth-order valence-electron chi connectivity index (χ4n) is 2.66. The van der Waals surface area contributed by atoms with Crippen molar-refractivity contribution in [1.29, 1.82) is 0 Å². The van der Waals surface area contributed by atoms with Crippen LogP contribution >= 0.6 is 11.3 Å². The van der Waals surface area contributed by atoms with Crippen LogP contribution in [0, 0.1) is 18.6 Å². The number of aromatic nitrogens is 2. The van der Waals surface area contributed by atoms with Crippen molar-refractivity contribution in [3.05, 3.63) is 64.3 Å². The summed E-state index contributed by atoms with van der Waals surface area (Å²) >= 11 is 1.37. The summed E-state index contributed by atoms with van der Waals surface area (Å²) in [5, 5.41) is 9.53. The Morgan fingerprint density at radius 3 is 2.81 bits per heavy atom. The summed E-state index contributed by atoms with van der Waals surface area (Å²) in [5.74, 6) is -2.06. The summed E-state index contributed by atoms with van der Waals surface area (Å²) in [6, 6.07) is 5.11. The van der Waals surface area contributed by atoms with Gasteiger partial charge in [0.05, 0.1) is 11.1 Å². The molecule has 2 heterocycles. The van der Waals surface area contributed by atoms with Gasteiger partial charge in [0, 0.05) is 29.2 Å². The Labute approximate surface area is 153 Å². The lowest BCUT2D eigenvalue weighted by atomic mass is 10.1. The van der Waals surface area contributed by atoms with Crippen molar-refractivity contribution in [1.82, 2.24) is 15.5 Å². The van der Waals surface area contributed by atoms with E-state index in [1.165, 1.54) is 17.4 Å². The van der Waals surface area contributed by atoms with Crippen LogP contribution in [0.3, 0.4) is 0 Å². The first-order valence-electron chi connectivity index (χ1n) is 8.02. The first-order valence-corrected chi connectivity index (χ1v) is 8.84. The minimum atomic E-state index is -0.914. The van der Waals surface area contributed by atoms with Crippen LogP contribution in [0.4, 0.5) is 8.78 Å². The highest BCUT2D eigenvalue weighted by Gasteiger charge is 2.18. The predicted molar refractivity (Wildman–Crippen MR) is 97.0 cm³/mol. The Morgan fingerprint density at radius 1 is 1.35 bits per heavy atom. The van der Waals surface area contributed by atoms with Crippen molar-refractivity contribution in [3.8, 4) is 10.4 Å². The third-order valence-corrected chi connectivity index (χ3v) is 5.27. The fourth-order valence-corrected chi connectivity index (χ4v) is 3.71. The first-order chi connectivity index (χ1) is 12.5. The normalized spacial score (nSPS) is 12.2. The maximum Gasteiger partial charge on any atom is 0.261 e. The van der Waals surface area contributed by atoms with Gasteiger partial charge in [0.15, 0.2) is 11.6 Å². The van der Waals surface area contributed by atoms with Crippen LogP contribution in [-0.2, 0) is 6.42 Å². The van der Waals surface area contributed by atoms with Gasteiger partial charge in [0.2, 0.25) is 0 Å². The fraction of sp³-hybridized carbons (Fsp3) is 0.222. The van der Waals surface area contributed by atoms with Gasteiger partial charge in [-0.3, -0.25) is 9.89 Å². The molecule has 8 heteroatoms. The maximum atomic E-state index is 13.3. The van der Waals surface area contributed by atoms with E-state index in [4.69, 9.17) is 5.73 Å². The summed E-state index contributed by atoms with van der Waals surface area (Å²) in [4.78, 5) is 14.1. The van der Waals surface area contributed by atoms with Crippen molar-refractivity contribution in [2.75, 3.05) is 6.54 Å². The molecule has 26 heavy (non-hydrogen) atoms. The van der Waals surface area contributed by atoms with Gasteiger partial charge in [-0.2, -0.15) is 5.10 Å². The standard InChI is InChI=1S/C18H18F2N4OS/c1-10-4-16(26-17(10)12-8-22-23-9-12)18(25)24-13(7-21)5-11-2-3-14(19)15(20)6-11/h2-4,6,8-9,13H,5,7,21H2,1H3,(H,22,23)(H,24,25)/t13-/m0/s1. The first kappa shape index (κ1) is 18.2. The van der Waals surface area contributed by atoms with Crippen molar-refractivity contribution in [2.45, 2.75) is 19.4 Å². The molecule has 0 aliphatic rings. The van der Waals surface area contributed by atoms with E-state index in [0.29, 0.717) is 16.9 Å². The zero-order valence-electron chi connectivity index (χ0n) is 14.1. The zero-order valence-corrected chi connectivity index (χ0v) is 14.9. The minimum Gasteiger partial charge on any atom is -0.347 e. The lowest BCUT2D eigenvalue weighted by Crippen LogP contribution is -2.41. The van der Waals surface area contributed by atoms with Gasteiger partial charge in [-0.15, -0.1) is 11.3 Å². The van der Waals surface area contributed by atoms with Gasteiger partial charge < -0.3 is 11.1 Å². The molecule has 5 nitrogen and oxygen atoms in total. The van der Waals surface area contributed by atoms with Gasteiger partial charge in [-0.25, -0.2) is 8.78 Å². The highest BCUT2D eigenvalue weighted by molar-refractivity contribution is 7.17. The molecular weight excluding hydrogens is 358 g/mol. The number of amides is 1. The SMILES string of the molecule is Cc1cc(C(=O)N[C@H](CN)Cc2ccc(F)c(F)c2)sc1-c1cn[nH]c1. The third kappa shape index (κ3) is 3.97. The molecule has 1 atom stereocenters. The predicted octanol–water partition coefficient (Wildman–Crippen LogP) is 3.02. The molecule has 1 amide bonds. The topological polar surface area (TPSA) is 83.8 Å². The van der Waals surface area contributed by atoms with E-state index >= 15 is 0 Å². The Morgan fingerprint density at radius 2 is 2.15 bits per heavy atom. The molecule has 0 spiro atoms. The summed E-state index contributed by atoms with van der Waals surface area (Å²) < 4.78 is 26.4. The van der Waals surface area contributed by atoms with Crippen LogP contribution in [0.25, 0.3) is 10.4 Å². The number of hydrogen-bond donors (Lipinski definition) is 3. The Kier molecular flexibility index (Phi) is 5.43. The molecule has 0 unspecified atom stereocenters. The van der Waals surface area contributed by atoms with E-state index in [2.05, 4.69) is 15.5 Å². The largest absolute Gasteiger partial charge is 0.347 e. The molecule has 0 radical (unpaired) electrons. The highest BCUT2D eigenvalue weighted by atomic mass is 32.1. The molecule has 136 valence electrons. The van der Waals surface area contributed by atoms with Crippen molar-refractivity contribution in [3.63, 3.8) is 0 Å². The molecular formula is C18H18F2N4OS. The number of carbonyl (C=O) groups is 1. The molecule has 3 aromatic rings. The van der Waals surface area contributed by atoms with Gasteiger partial charge in [-0.1, -0.05) is 6.07 Å². The van der Waals surface area contributed by atoms with E-state index in [1.54, 1.807) is 12.4 Å². The van der Waals surface area contributed by atoms with Gasteiger partial charge in [-0.05, 0) is 42.7 Å². The minimum absolute atomic E-state index is 0.184. The maximum absolute atomic E-state index is 13.3. The number of halogens is 2. The highest BCUT2D eigenvalue weighted by Crippen LogP contribution is 2.31. The monoisotopic (exact) mass is 376 g/mol. The molecule has 0 bridgehead atoms. The molecule has 2 aromatic heterocycles. The van der Waals surface area contributed by atoms with Crippen molar-refractivity contribution < 1.29 is 13.6 Å². The Balaban J connectivity index is 1.71.